The Labute approximate surface area is 218 Å². The smallest absolute Gasteiger partial charge is 0.310 e. The largest absolute Gasteiger partial charge is 0.464 e. The first-order chi connectivity index (χ1) is 16.5. The molecule has 0 bridgehead atoms. The van der Waals surface area contributed by atoms with Crippen LogP contribution < -0.4 is 0 Å². The van der Waals surface area contributed by atoms with Crippen LogP contribution in [0.3, 0.4) is 0 Å². The molecule has 0 N–H and O–H groups in total. The van der Waals surface area contributed by atoms with Gasteiger partial charge >= 0.3 is 11.9 Å². The minimum atomic E-state index is -0.150. The minimum Gasteiger partial charge on any atom is -0.464 e. The van der Waals surface area contributed by atoms with Gasteiger partial charge in [0, 0.05) is 13.1 Å². The summed E-state index contributed by atoms with van der Waals surface area (Å²) in [6, 6.07) is 19.3. The van der Waals surface area contributed by atoms with Crippen molar-refractivity contribution in [3.63, 3.8) is 0 Å². The zero-order valence-corrected chi connectivity index (χ0v) is 22.6. The van der Waals surface area contributed by atoms with Crippen molar-refractivity contribution in [1.82, 2.24) is 9.80 Å². The first-order valence-electron chi connectivity index (χ1n) is 12.4. The second-order valence-electron chi connectivity index (χ2n) is 7.82. The van der Waals surface area contributed by atoms with E-state index in [2.05, 4.69) is 37.5 Å². The van der Waals surface area contributed by atoms with E-state index in [1.807, 2.05) is 60.7 Å². The number of likely N-dealkylation sites (N-methyl/N-ethyl adjacent to an activating group) is 2. The first-order valence-corrected chi connectivity index (χ1v) is 12.4. The lowest BCUT2D eigenvalue weighted by Crippen LogP contribution is -2.28. The van der Waals surface area contributed by atoms with Crippen molar-refractivity contribution in [1.29, 1.82) is 0 Å². The molecule has 0 spiro atoms. The highest BCUT2D eigenvalue weighted by atomic mass is 35.5. The maximum atomic E-state index is 11.5. The van der Waals surface area contributed by atoms with E-state index in [9.17, 15) is 9.59 Å². The van der Waals surface area contributed by atoms with Crippen LogP contribution in [-0.4, -0.2) is 74.2 Å². The second kappa shape index (κ2) is 20.9. The standard InChI is InChI=1S/2C14H21NO2.ClH/c2*1-3-15(4-2)10-11-17-14(16)12-13-8-6-5-7-9-13;/h2*5-9H,3-4,10-12H2,1-2H3;1H. The molecule has 7 heteroatoms. The Hall–Kier alpha value is -2.41. The Morgan fingerprint density at radius 1 is 0.600 bits per heavy atom. The van der Waals surface area contributed by atoms with Crippen molar-refractivity contribution < 1.29 is 19.1 Å². The van der Waals surface area contributed by atoms with Crippen LogP contribution in [0.1, 0.15) is 38.8 Å². The van der Waals surface area contributed by atoms with Crippen molar-refractivity contribution in [3.8, 4) is 0 Å². The van der Waals surface area contributed by atoms with Crippen LogP contribution in [0.2, 0.25) is 0 Å². The number of ether oxygens (including phenoxy) is 2. The molecule has 35 heavy (non-hydrogen) atoms. The predicted octanol–water partition coefficient (Wildman–Crippen LogP) is 4.65. The van der Waals surface area contributed by atoms with Gasteiger partial charge < -0.3 is 19.3 Å². The Morgan fingerprint density at radius 3 is 1.20 bits per heavy atom. The van der Waals surface area contributed by atoms with Crippen molar-refractivity contribution in [2.45, 2.75) is 40.5 Å². The number of hydrogen-bond donors (Lipinski definition) is 0. The summed E-state index contributed by atoms with van der Waals surface area (Å²) in [7, 11) is 0. The highest BCUT2D eigenvalue weighted by Gasteiger charge is 2.06. The lowest BCUT2D eigenvalue weighted by atomic mass is 10.2. The average Bonchev–Trinajstić information content (AvgIpc) is 2.86. The molecule has 2 aromatic rings. The van der Waals surface area contributed by atoms with Crippen molar-refractivity contribution >= 4 is 24.3 Å². The van der Waals surface area contributed by atoms with Gasteiger partial charge in [0.15, 0.2) is 0 Å². The lowest BCUT2D eigenvalue weighted by Gasteiger charge is -2.17. The van der Waals surface area contributed by atoms with Gasteiger partial charge in [0.05, 0.1) is 12.8 Å². The van der Waals surface area contributed by atoms with Gasteiger partial charge in [-0.05, 0) is 37.3 Å². The van der Waals surface area contributed by atoms with E-state index in [4.69, 9.17) is 9.47 Å². The summed E-state index contributed by atoms with van der Waals surface area (Å²) in [4.78, 5) is 27.5. The number of hydrogen-bond acceptors (Lipinski definition) is 6. The van der Waals surface area contributed by atoms with Gasteiger partial charge in [-0.25, -0.2) is 0 Å². The molecule has 0 amide bonds. The number of benzene rings is 2. The van der Waals surface area contributed by atoms with Crippen LogP contribution in [0.25, 0.3) is 0 Å². The number of nitrogens with zero attached hydrogens (tertiary/aromatic N) is 2. The van der Waals surface area contributed by atoms with Crippen LogP contribution in [-0.2, 0) is 31.9 Å². The summed E-state index contributed by atoms with van der Waals surface area (Å²) in [5.41, 5.74) is 2.00. The van der Waals surface area contributed by atoms with Crippen LogP contribution in [0.15, 0.2) is 60.7 Å². The maximum Gasteiger partial charge on any atom is 0.310 e. The molecule has 0 aliphatic heterocycles. The second-order valence-corrected chi connectivity index (χ2v) is 7.82. The Kier molecular flexibility index (Phi) is 19.5. The summed E-state index contributed by atoms with van der Waals surface area (Å²) in [5, 5.41) is 0. The third-order valence-electron chi connectivity index (χ3n) is 5.51. The SMILES string of the molecule is CCN(CC)CCOC(=O)Cc1ccccc1.CCN(CC)CCOC(=O)Cc1ccccc1.Cl. The fourth-order valence-electron chi connectivity index (χ4n) is 3.28. The molecule has 0 aliphatic rings. The van der Waals surface area contributed by atoms with Crippen LogP contribution >= 0.6 is 12.4 Å². The van der Waals surface area contributed by atoms with Crippen molar-refractivity contribution in [3.05, 3.63) is 71.8 Å². The molecule has 6 nitrogen and oxygen atoms in total. The molecule has 0 saturated heterocycles. The summed E-state index contributed by atoms with van der Waals surface area (Å²) < 4.78 is 10.4. The van der Waals surface area contributed by atoms with E-state index in [0.29, 0.717) is 26.1 Å². The Morgan fingerprint density at radius 2 is 0.914 bits per heavy atom. The molecule has 0 atom stereocenters. The molecule has 0 heterocycles. The van der Waals surface area contributed by atoms with Gasteiger partial charge in [0.1, 0.15) is 13.2 Å². The predicted molar refractivity (Wildman–Crippen MR) is 145 cm³/mol. The third kappa shape index (κ3) is 16.0. The highest BCUT2D eigenvalue weighted by Crippen LogP contribution is 2.02. The van der Waals surface area contributed by atoms with Gasteiger partial charge in [0.2, 0.25) is 0 Å². The number of rotatable bonds is 14. The van der Waals surface area contributed by atoms with Crippen LogP contribution in [0.4, 0.5) is 0 Å². The molecule has 2 rings (SSSR count). The monoisotopic (exact) mass is 506 g/mol. The lowest BCUT2D eigenvalue weighted by molar-refractivity contribution is -0.144. The molecule has 196 valence electrons. The van der Waals surface area contributed by atoms with E-state index >= 15 is 0 Å². The molecule has 0 saturated carbocycles. The Balaban J connectivity index is 0.000000642. The zero-order chi connectivity index (χ0) is 25.0. The zero-order valence-electron chi connectivity index (χ0n) is 21.8. The van der Waals surface area contributed by atoms with Gasteiger partial charge in [-0.15, -0.1) is 12.4 Å². The van der Waals surface area contributed by atoms with E-state index in [1.54, 1.807) is 0 Å². The van der Waals surface area contributed by atoms with Gasteiger partial charge in [0.25, 0.3) is 0 Å². The summed E-state index contributed by atoms with van der Waals surface area (Å²) in [6.45, 7) is 15.0. The summed E-state index contributed by atoms with van der Waals surface area (Å²) in [6.07, 6.45) is 0.720. The van der Waals surface area contributed by atoms with E-state index in [1.165, 1.54) is 0 Å². The van der Waals surface area contributed by atoms with Gasteiger partial charge in [-0.3, -0.25) is 9.59 Å². The molecule has 0 aromatic heterocycles. The molecule has 0 unspecified atom stereocenters. The van der Waals surface area contributed by atoms with Crippen LogP contribution in [0, 0.1) is 0 Å². The minimum absolute atomic E-state index is 0. The number of esters is 2. The van der Waals surface area contributed by atoms with Crippen molar-refractivity contribution in [2.24, 2.45) is 0 Å². The fraction of sp³-hybridized carbons (Fsp3) is 0.500. The first kappa shape index (κ1) is 32.6. The van der Waals surface area contributed by atoms with Crippen LogP contribution in [0.5, 0.6) is 0 Å². The summed E-state index contributed by atoms with van der Waals surface area (Å²) in [5.74, 6) is -0.299. The molecular weight excluding hydrogens is 464 g/mol. The van der Waals surface area contributed by atoms with E-state index in [0.717, 1.165) is 50.4 Å². The Bertz CT molecular complexity index is 715. The molecule has 0 aliphatic carbocycles. The topological polar surface area (TPSA) is 59.1 Å². The third-order valence-corrected chi connectivity index (χ3v) is 5.51. The van der Waals surface area contributed by atoms with E-state index < -0.39 is 0 Å². The number of halogens is 1. The number of carbonyl (C=O) groups is 2. The molecular formula is C28H43ClN2O4. The highest BCUT2D eigenvalue weighted by molar-refractivity contribution is 5.85. The number of carbonyl (C=O) groups excluding carboxylic acids is 2. The average molecular weight is 507 g/mol. The van der Waals surface area contributed by atoms with Gasteiger partial charge in [-0.1, -0.05) is 88.4 Å². The molecule has 0 radical (unpaired) electrons. The molecule has 0 fully saturated rings. The maximum absolute atomic E-state index is 11.5. The van der Waals surface area contributed by atoms with Crippen molar-refractivity contribution in [2.75, 3.05) is 52.5 Å². The van der Waals surface area contributed by atoms with Gasteiger partial charge in [-0.2, -0.15) is 0 Å². The normalized spacial score (nSPS) is 10.2. The molecule has 2 aromatic carbocycles. The fourth-order valence-corrected chi connectivity index (χ4v) is 3.28. The summed E-state index contributed by atoms with van der Waals surface area (Å²) >= 11 is 0. The van der Waals surface area contributed by atoms with E-state index in [-0.39, 0.29) is 24.3 Å². The quantitative estimate of drug-likeness (QED) is 0.348.